The van der Waals surface area contributed by atoms with Crippen LogP contribution in [0.2, 0.25) is 0 Å². The number of halogens is 3. The maximum atomic E-state index is 14.8. The van der Waals surface area contributed by atoms with Crippen molar-refractivity contribution in [2.45, 2.75) is 24.5 Å². The Balaban J connectivity index is 1.65. The van der Waals surface area contributed by atoms with Gasteiger partial charge in [0.25, 0.3) is 0 Å². The molecule has 0 atom stereocenters. The highest BCUT2D eigenvalue weighted by Gasteiger charge is 2.36. The molecule has 8 heteroatoms. The maximum Gasteiger partial charge on any atom is 0.235 e. The number of nitrogens with one attached hydrogen (secondary N) is 1. The summed E-state index contributed by atoms with van der Waals surface area (Å²) in [5, 5.41) is 8.33. The molecule has 1 aliphatic rings. The van der Waals surface area contributed by atoms with Gasteiger partial charge in [0.1, 0.15) is 5.82 Å². The molecule has 158 valence electrons. The Kier molecular flexibility index (Phi) is 5.46. The highest BCUT2D eigenvalue weighted by atomic mass is 32.2. The zero-order chi connectivity index (χ0) is 22.2. The Labute approximate surface area is 178 Å². The monoisotopic (exact) mass is 442 g/mol. The number of nitrogens with zero attached hydrogens (tertiary/aromatic N) is 1. The van der Waals surface area contributed by atoms with Gasteiger partial charge in [-0.25, -0.2) is 21.6 Å². The molecule has 1 fully saturated rings. The lowest BCUT2D eigenvalue weighted by Crippen LogP contribution is -2.19. The summed E-state index contributed by atoms with van der Waals surface area (Å²) >= 11 is 0. The van der Waals surface area contributed by atoms with Gasteiger partial charge in [-0.15, -0.1) is 0 Å². The minimum atomic E-state index is -3.70. The molecule has 0 unspecified atom stereocenters. The molecule has 1 aliphatic carbocycles. The zero-order valence-electron chi connectivity index (χ0n) is 16.2. The Bertz CT molecular complexity index is 1300. The second kappa shape index (κ2) is 8.08. The van der Waals surface area contributed by atoms with Crippen LogP contribution in [0.5, 0.6) is 0 Å². The van der Waals surface area contributed by atoms with Gasteiger partial charge in [0, 0.05) is 12.0 Å². The number of sulfonamides is 1. The Morgan fingerprint density at radius 1 is 0.935 bits per heavy atom. The lowest BCUT2D eigenvalue weighted by Gasteiger charge is -2.14. The first-order chi connectivity index (χ1) is 14.8. The summed E-state index contributed by atoms with van der Waals surface area (Å²) in [6.07, 6.45) is 0.700. The smallest absolute Gasteiger partial charge is 0.235 e. The molecule has 1 N–H and O–H groups in total. The van der Waals surface area contributed by atoms with Crippen LogP contribution in [0.1, 0.15) is 29.5 Å². The number of hydrogen-bond acceptors (Lipinski definition) is 3. The molecule has 3 aromatic carbocycles. The molecule has 0 bridgehead atoms. The third-order valence-electron chi connectivity index (χ3n) is 5.18. The number of benzene rings is 3. The van der Waals surface area contributed by atoms with Crippen molar-refractivity contribution in [2.75, 3.05) is 4.72 Å². The summed E-state index contributed by atoms with van der Waals surface area (Å²) in [5.41, 5.74) is 1.47. The number of hydrogen-bond donors (Lipinski definition) is 1. The molecular formula is C23H17F3N2O2S. The van der Waals surface area contributed by atoms with Crippen molar-refractivity contribution in [2.24, 2.45) is 0 Å². The van der Waals surface area contributed by atoms with Crippen molar-refractivity contribution < 1.29 is 21.6 Å². The van der Waals surface area contributed by atoms with Gasteiger partial charge in [0.2, 0.25) is 10.0 Å². The van der Waals surface area contributed by atoms with E-state index in [1.807, 2.05) is 6.07 Å². The predicted molar refractivity (Wildman–Crippen MR) is 111 cm³/mol. The second-order valence-corrected chi connectivity index (χ2v) is 9.37. The number of rotatable bonds is 6. The van der Waals surface area contributed by atoms with E-state index in [9.17, 15) is 21.6 Å². The van der Waals surface area contributed by atoms with Crippen LogP contribution in [0.4, 0.5) is 18.9 Å². The van der Waals surface area contributed by atoms with Crippen molar-refractivity contribution in [1.29, 1.82) is 5.26 Å². The minimum absolute atomic E-state index is 0.0914. The molecule has 0 aliphatic heterocycles. The fourth-order valence-electron chi connectivity index (χ4n) is 3.27. The first-order valence-electron chi connectivity index (χ1n) is 9.56. The summed E-state index contributed by atoms with van der Waals surface area (Å²) in [4.78, 5) is 0. The molecule has 3 aromatic rings. The van der Waals surface area contributed by atoms with E-state index in [0.717, 1.165) is 12.1 Å². The lowest BCUT2D eigenvalue weighted by atomic mass is 9.98. The molecule has 1 saturated carbocycles. The van der Waals surface area contributed by atoms with Crippen molar-refractivity contribution >= 4 is 15.7 Å². The van der Waals surface area contributed by atoms with E-state index in [2.05, 4.69) is 4.72 Å². The molecule has 0 saturated heterocycles. The van der Waals surface area contributed by atoms with E-state index in [-0.39, 0.29) is 23.2 Å². The summed E-state index contributed by atoms with van der Waals surface area (Å²) in [6.45, 7) is 0. The molecule has 0 radical (unpaired) electrons. The minimum Gasteiger partial charge on any atom is -0.283 e. The van der Waals surface area contributed by atoms with Gasteiger partial charge in [-0.05, 0) is 59.9 Å². The summed E-state index contributed by atoms with van der Waals surface area (Å²) in [6, 6.07) is 14.9. The van der Waals surface area contributed by atoms with Gasteiger partial charge in [-0.1, -0.05) is 24.3 Å². The van der Waals surface area contributed by atoms with E-state index in [0.29, 0.717) is 29.5 Å². The molecule has 4 nitrogen and oxygen atoms in total. The molecule has 0 spiro atoms. The van der Waals surface area contributed by atoms with Crippen molar-refractivity contribution in [3.8, 4) is 17.2 Å². The maximum absolute atomic E-state index is 14.8. The normalized spacial score (nSPS) is 13.6. The molecule has 4 rings (SSSR count). The van der Waals surface area contributed by atoms with E-state index in [1.165, 1.54) is 12.1 Å². The van der Waals surface area contributed by atoms with Crippen LogP contribution in [0.3, 0.4) is 0 Å². The van der Waals surface area contributed by atoms with Crippen LogP contribution in [0, 0.1) is 28.8 Å². The van der Waals surface area contributed by atoms with Crippen LogP contribution in [-0.2, 0) is 16.4 Å². The molecule has 0 amide bonds. The summed E-state index contributed by atoms with van der Waals surface area (Å²) in [5.74, 6) is -2.99. The van der Waals surface area contributed by atoms with Crippen molar-refractivity contribution in [3.05, 3.63) is 88.7 Å². The molecular weight excluding hydrogens is 425 g/mol. The van der Waals surface area contributed by atoms with Crippen molar-refractivity contribution in [1.82, 2.24) is 0 Å². The highest BCUT2D eigenvalue weighted by Crippen LogP contribution is 2.33. The first kappa shape index (κ1) is 20.9. The summed E-state index contributed by atoms with van der Waals surface area (Å²) < 4.78 is 70.0. The number of anilines is 1. The van der Waals surface area contributed by atoms with Gasteiger partial charge in [0.05, 0.1) is 22.6 Å². The first-order valence-corrected chi connectivity index (χ1v) is 11.1. The fraction of sp³-hybridized carbons (Fsp3) is 0.174. The molecule has 31 heavy (non-hydrogen) atoms. The van der Waals surface area contributed by atoms with Crippen molar-refractivity contribution in [3.63, 3.8) is 0 Å². The molecule has 0 heterocycles. The topological polar surface area (TPSA) is 70.0 Å². The van der Waals surface area contributed by atoms with E-state index >= 15 is 0 Å². The Morgan fingerprint density at radius 2 is 1.61 bits per heavy atom. The lowest BCUT2D eigenvalue weighted by molar-refractivity contribution is 0.500. The van der Waals surface area contributed by atoms with E-state index in [1.54, 1.807) is 30.3 Å². The zero-order valence-corrected chi connectivity index (χ0v) is 17.0. The summed E-state index contributed by atoms with van der Waals surface area (Å²) in [7, 11) is -3.70. The predicted octanol–water partition coefficient (Wildman–Crippen LogP) is 5.14. The average Bonchev–Trinajstić information content (AvgIpc) is 3.60. The second-order valence-electron chi connectivity index (χ2n) is 7.41. The van der Waals surface area contributed by atoms with Gasteiger partial charge >= 0.3 is 0 Å². The van der Waals surface area contributed by atoms with E-state index < -0.39 is 32.7 Å². The van der Waals surface area contributed by atoms with Gasteiger partial charge < -0.3 is 0 Å². The van der Waals surface area contributed by atoms with Crippen LogP contribution in [-0.4, -0.2) is 13.7 Å². The standard InChI is InChI=1S/C23H17F3N2O2S/c24-20-9-10-22(28-31(29,30)18-7-8-18)19(23(20)26)11-17-6-5-16(12-21(17)25)15-3-1-14(13-27)2-4-15/h1-6,9-10,12,18,28H,7-8,11H2. The van der Waals surface area contributed by atoms with Gasteiger partial charge in [0.15, 0.2) is 11.6 Å². The third-order valence-corrected chi connectivity index (χ3v) is 7.03. The van der Waals surface area contributed by atoms with Gasteiger partial charge in [-0.2, -0.15) is 5.26 Å². The quantitative estimate of drug-likeness (QED) is 0.575. The van der Waals surface area contributed by atoms with Crippen LogP contribution >= 0.6 is 0 Å². The van der Waals surface area contributed by atoms with Crippen LogP contribution in [0.15, 0.2) is 54.6 Å². The largest absolute Gasteiger partial charge is 0.283 e. The van der Waals surface area contributed by atoms with Crippen LogP contribution < -0.4 is 4.72 Å². The fourth-order valence-corrected chi connectivity index (χ4v) is 4.70. The van der Waals surface area contributed by atoms with Gasteiger partial charge in [-0.3, -0.25) is 4.72 Å². The Morgan fingerprint density at radius 3 is 2.23 bits per heavy atom. The van der Waals surface area contributed by atoms with Crippen LogP contribution in [0.25, 0.3) is 11.1 Å². The molecule has 0 aromatic heterocycles. The third kappa shape index (κ3) is 4.42. The number of nitriles is 1. The average molecular weight is 442 g/mol. The Hall–Kier alpha value is -3.31. The SMILES string of the molecule is N#Cc1ccc(-c2ccc(Cc3c(NS(=O)(=O)C4CC4)ccc(F)c3F)c(F)c2)cc1. The highest BCUT2D eigenvalue weighted by molar-refractivity contribution is 7.93. The van der Waals surface area contributed by atoms with E-state index in [4.69, 9.17) is 5.26 Å².